The lowest BCUT2D eigenvalue weighted by atomic mass is 10.1. The van der Waals surface area contributed by atoms with Gasteiger partial charge < -0.3 is 4.74 Å². The van der Waals surface area contributed by atoms with E-state index in [1.165, 1.54) is 0 Å². The molecule has 1 aliphatic heterocycles. The molecule has 160 valence electrons. The predicted molar refractivity (Wildman–Crippen MR) is 103 cm³/mol. The minimum atomic E-state index is -4.67. The van der Waals surface area contributed by atoms with Crippen LogP contribution in [0.5, 0.6) is 5.75 Å². The van der Waals surface area contributed by atoms with E-state index in [0.29, 0.717) is 24.0 Å². The maximum atomic E-state index is 13.6. The van der Waals surface area contributed by atoms with E-state index < -0.39 is 17.7 Å². The third kappa shape index (κ3) is 4.08. The third-order valence-corrected chi connectivity index (χ3v) is 4.94. The molecule has 2 heterocycles. The molecule has 0 spiro atoms. The molecule has 4 rings (SSSR count). The second-order valence-corrected chi connectivity index (χ2v) is 7.03. The molecule has 1 aromatic heterocycles. The van der Waals surface area contributed by atoms with Crippen molar-refractivity contribution in [3.8, 4) is 5.75 Å². The van der Waals surface area contributed by atoms with Gasteiger partial charge in [-0.25, -0.2) is 9.37 Å². The number of halogens is 4. The van der Waals surface area contributed by atoms with E-state index in [1.54, 1.807) is 24.3 Å². The fourth-order valence-electron chi connectivity index (χ4n) is 3.43. The number of unbranched alkanes of at least 4 members (excludes halogenated alkanes) is 1. The molecule has 0 atom stereocenters. The molecule has 0 unspecified atom stereocenters. The molecule has 31 heavy (non-hydrogen) atoms. The maximum Gasteiger partial charge on any atom is 0.433 e. The van der Waals surface area contributed by atoms with Crippen molar-refractivity contribution < 1.29 is 31.9 Å². The van der Waals surface area contributed by atoms with Gasteiger partial charge in [-0.05, 0) is 43.2 Å². The fraction of sp³-hybridized carbons (Fsp3) is 0.227. The first kappa shape index (κ1) is 20.8. The predicted octanol–water partition coefficient (Wildman–Crippen LogP) is 4.85. The summed E-state index contributed by atoms with van der Waals surface area (Å²) in [5.74, 6) is -1.49. The van der Waals surface area contributed by atoms with Gasteiger partial charge in [-0.3, -0.25) is 14.5 Å². The fourth-order valence-corrected chi connectivity index (χ4v) is 3.43. The molecule has 0 saturated heterocycles. The number of alkyl halides is 3. The van der Waals surface area contributed by atoms with Crippen LogP contribution in [0.1, 0.15) is 39.3 Å². The highest BCUT2D eigenvalue weighted by Gasteiger charge is 2.35. The highest BCUT2D eigenvalue weighted by atomic mass is 19.4. The van der Waals surface area contributed by atoms with E-state index >= 15 is 0 Å². The summed E-state index contributed by atoms with van der Waals surface area (Å²) in [6, 6.07) is 10.5. The molecule has 0 fully saturated rings. The van der Waals surface area contributed by atoms with Crippen LogP contribution in [0.3, 0.4) is 0 Å². The van der Waals surface area contributed by atoms with Gasteiger partial charge in [0.2, 0.25) is 0 Å². The first-order valence-corrected chi connectivity index (χ1v) is 9.51. The van der Waals surface area contributed by atoms with Crippen molar-refractivity contribution in [2.45, 2.75) is 19.0 Å². The van der Waals surface area contributed by atoms with Gasteiger partial charge in [0.15, 0.2) is 0 Å². The first-order chi connectivity index (χ1) is 14.8. The Bertz CT molecular complexity index is 1140. The highest BCUT2D eigenvalue weighted by molar-refractivity contribution is 6.21. The largest absolute Gasteiger partial charge is 0.493 e. The Labute approximate surface area is 174 Å². The smallest absolute Gasteiger partial charge is 0.433 e. The summed E-state index contributed by atoms with van der Waals surface area (Å²) in [6.07, 6.45) is -3.91. The Kier molecular flexibility index (Phi) is 5.34. The lowest BCUT2D eigenvalue weighted by Gasteiger charge is -2.15. The van der Waals surface area contributed by atoms with Crippen LogP contribution in [-0.4, -0.2) is 34.8 Å². The minimum Gasteiger partial charge on any atom is -0.493 e. The lowest BCUT2D eigenvalue weighted by Crippen LogP contribution is -2.30. The molecule has 5 nitrogen and oxygen atoms in total. The van der Waals surface area contributed by atoms with Crippen molar-refractivity contribution in [3.05, 3.63) is 71.2 Å². The number of aromatic nitrogens is 1. The lowest BCUT2D eigenvalue weighted by molar-refractivity contribution is -0.141. The van der Waals surface area contributed by atoms with Gasteiger partial charge >= 0.3 is 6.18 Å². The number of amides is 2. The Hall–Kier alpha value is -3.49. The summed E-state index contributed by atoms with van der Waals surface area (Å²) < 4.78 is 58.4. The molecular formula is C22H16F4N2O3. The van der Waals surface area contributed by atoms with Crippen LogP contribution in [-0.2, 0) is 6.18 Å². The monoisotopic (exact) mass is 432 g/mol. The second-order valence-electron chi connectivity index (χ2n) is 7.03. The van der Waals surface area contributed by atoms with E-state index in [4.69, 9.17) is 4.74 Å². The number of fused-ring (bicyclic) bond motifs is 2. The number of nitrogens with zero attached hydrogens (tertiary/aromatic N) is 2. The molecule has 9 heteroatoms. The molecule has 0 radical (unpaired) electrons. The molecule has 0 N–H and O–H groups in total. The van der Waals surface area contributed by atoms with E-state index in [-0.39, 0.29) is 41.6 Å². The van der Waals surface area contributed by atoms with Crippen molar-refractivity contribution in [3.63, 3.8) is 0 Å². The van der Waals surface area contributed by atoms with Gasteiger partial charge in [0.25, 0.3) is 11.8 Å². The molecule has 1 aliphatic rings. The van der Waals surface area contributed by atoms with Gasteiger partial charge in [0, 0.05) is 18.0 Å². The average Bonchev–Trinajstić information content (AvgIpc) is 2.97. The summed E-state index contributed by atoms with van der Waals surface area (Å²) in [5.41, 5.74) is -0.452. The van der Waals surface area contributed by atoms with Crippen molar-refractivity contribution in [1.29, 1.82) is 0 Å². The third-order valence-electron chi connectivity index (χ3n) is 4.94. The number of imide groups is 1. The second kappa shape index (κ2) is 7.98. The van der Waals surface area contributed by atoms with Crippen molar-refractivity contribution in [1.82, 2.24) is 9.88 Å². The van der Waals surface area contributed by atoms with Crippen LogP contribution in [0.2, 0.25) is 0 Å². The average molecular weight is 432 g/mol. The van der Waals surface area contributed by atoms with Gasteiger partial charge in [-0.15, -0.1) is 0 Å². The van der Waals surface area contributed by atoms with Crippen LogP contribution in [0.25, 0.3) is 10.9 Å². The van der Waals surface area contributed by atoms with Crippen molar-refractivity contribution in [2.75, 3.05) is 13.2 Å². The summed E-state index contributed by atoms with van der Waals surface area (Å²) in [4.78, 5) is 29.3. The highest BCUT2D eigenvalue weighted by Crippen LogP contribution is 2.34. The van der Waals surface area contributed by atoms with Gasteiger partial charge in [-0.2, -0.15) is 13.2 Å². The number of hydrogen-bond donors (Lipinski definition) is 0. The van der Waals surface area contributed by atoms with Crippen LogP contribution in [0.15, 0.2) is 48.5 Å². The quantitative estimate of drug-likeness (QED) is 0.318. The Morgan fingerprint density at radius 1 is 0.935 bits per heavy atom. The van der Waals surface area contributed by atoms with Gasteiger partial charge in [0.05, 0.1) is 23.3 Å². The number of rotatable bonds is 6. The van der Waals surface area contributed by atoms with Crippen LogP contribution in [0.4, 0.5) is 17.6 Å². The number of carbonyl (C=O) groups excluding carboxylic acids is 2. The molecule has 0 bridgehead atoms. The molecule has 2 amide bonds. The Balaban J connectivity index is 1.41. The normalized spacial score (nSPS) is 13.7. The minimum absolute atomic E-state index is 0.0239. The van der Waals surface area contributed by atoms with E-state index in [0.717, 1.165) is 29.2 Å². The number of carbonyl (C=O) groups is 2. The van der Waals surface area contributed by atoms with E-state index in [2.05, 4.69) is 4.98 Å². The Morgan fingerprint density at radius 2 is 1.61 bits per heavy atom. The van der Waals surface area contributed by atoms with E-state index in [9.17, 15) is 27.2 Å². The summed E-state index contributed by atoms with van der Waals surface area (Å²) in [5, 5.41) is 0.133. The molecule has 3 aromatic rings. The van der Waals surface area contributed by atoms with Crippen LogP contribution < -0.4 is 4.74 Å². The maximum absolute atomic E-state index is 13.6. The molecular weight excluding hydrogens is 416 g/mol. The van der Waals surface area contributed by atoms with Crippen LogP contribution >= 0.6 is 0 Å². The molecule has 2 aromatic carbocycles. The first-order valence-electron chi connectivity index (χ1n) is 9.51. The zero-order chi connectivity index (χ0) is 22.2. The Morgan fingerprint density at radius 3 is 2.26 bits per heavy atom. The number of pyridine rings is 1. The zero-order valence-corrected chi connectivity index (χ0v) is 16.1. The summed E-state index contributed by atoms with van der Waals surface area (Å²) >= 11 is 0. The standard InChI is InChI=1S/C22H16F4N2O3/c23-13-7-8-17-16(11-13)18(12-19(27-17)22(24,25)26)31-10-4-3-9-28-20(29)14-5-1-2-6-15(14)21(28)30/h1-2,5-8,11-12H,3-4,9-10H2. The number of hydrogen-bond acceptors (Lipinski definition) is 4. The molecule has 0 saturated carbocycles. The van der Waals surface area contributed by atoms with Gasteiger partial charge in [-0.1, -0.05) is 12.1 Å². The van der Waals surface area contributed by atoms with Gasteiger partial charge in [0.1, 0.15) is 17.3 Å². The van der Waals surface area contributed by atoms with Crippen molar-refractivity contribution in [2.24, 2.45) is 0 Å². The van der Waals surface area contributed by atoms with Crippen molar-refractivity contribution >= 4 is 22.7 Å². The number of benzene rings is 2. The number of ether oxygens (including phenoxy) is 1. The zero-order valence-electron chi connectivity index (χ0n) is 16.1. The summed E-state index contributed by atoms with van der Waals surface area (Å²) in [7, 11) is 0. The molecule has 0 aliphatic carbocycles. The van der Waals surface area contributed by atoms with Crippen LogP contribution in [0, 0.1) is 5.82 Å². The van der Waals surface area contributed by atoms with E-state index in [1.807, 2.05) is 0 Å². The summed E-state index contributed by atoms with van der Waals surface area (Å²) in [6.45, 7) is 0.186. The topological polar surface area (TPSA) is 59.5 Å². The SMILES string of the molecule is O=C1c2ccccc2C(=O)N1CCCCOc1cc(C(F)(F)F)nc2ccc(F)cc12.